The lowest BCUT2D eigenvalue weighted by Crippen LogP contribution is -2.50. The second-order valence-electron chi connectivity index (χ2n) is 4.88. The van der Waals surface area contributed by atoms with Crippen molar-refractivity contribution >= 4 is 0 Å². The first-order valence-corrected chi connectivity index (χ1v) is 5.62. The van der Waals surface area contributed by atoms with Crippen molar-refractivity contribution in [2.45, 2.75) is 45.9 Å². The van der Waals surface area contributed by atoms with E-state index in [2.05, 4.69) is 32.6 Å². The van der Waals surface area contributed by atoms with Gasteiger partial charge in [0.05, 0.1) is 12.2 Å². The zero-order valence-corrected chi connectivity index (χ0v) is 9.86. The lowest BCUT2D eigenvalue weighted by Gasteiger charge is -2.37. The van der Waals surface area contributed by atoms with Gasteiger partial charge in [-0.1, -0.05) is 13.8 Å². The van der Waals surface area contributed by atoms with Crippen LogP contribution in [0.1, 0.15) is 27.7 Å². The van der Waals surface area contributed by atoms with Crippen molar-refractivity contribution in [3.63, 3.8) is 0 Å². The number of nitrogens with two attached hydrogens (primary N) is 1. The van der Waals surface area contributed by atoms with Crippen LogP contribution < -0.4 is 5.73 Å². The van der Waals surface area contributed by atoms with E-state index < -0.39 is 0 Å². The van der Waals surface area contributed by atoms with Gasteiger partial charge in [-0.15, -0.1) is 0 Å². The van der Waals surface area contributed by atoms with E-state index in [-0.39, 0.29) is 6.04 Å². The molecule has 0 aromatic rings. The maximum Gasteiger partial charge on any atom is 0.0678 e. The van der Waals surface area contributed by atoms with Gasteiger partial charge >= 0.3 is 0 Å². The Labute approximate surface area is 87.6 Å². The highest BCUT2D eigenvalue weighted by atomic mass is 16.5. The van der Waals surface area contributed by atoms with Crippen LogP contribution in [0.2, 0.25) is 0 Å². The monoisotopic (exact) mass is 200 g/mol. The SMILES string of the molecule is CC1CN(C[C@@H](N)C(C)C)CC(C)O1. The molecular formula is C11H24N2O. The van der Waals surface area contributed by atoms with Gasteiger partial charge in [0.15, 0.2) is 0 Å². The number of hydrogen-bond acceptors (Lipinski definition) is 3. The molecule has 1 heterocycles. The van der Waals surface area contributed by atoms with E-state index in [0.717, 1.165) is 19.6 Å². The van der Waals surface area contributed by atoms with Crippen LogP contribution in [-0.2, 0) is 4.74 Å². The highest BCUT2D eigenvalue weighted by Gasteiger charge is 2.23. The average Bonchev–Trinajstić information content (AvgIpc) is 2.01. The molecule has 0 radical (unpaired) electrons. The van der Waals surface area contributed by atoms with Gasteiger partial charge in [0.25, 0.3) is 0 Å². The summed E-state index contributed by atoms with van der Waals surface area (Å²) in [6.45, 7) is 11.6. The fourth-order valence-electron chi connectivity index (χ4n) is 1.94. The van der Waals surface area contributed by atoms with Crippen molar-refractivity contribution in [1.82, 2.24) is 4.90 Å². The molecule has 3 nitrogen and oxygen atoms in total. The summed E-state index contributed by atoms with van der Waals surface area (Å²) in [5.74, 6) is 0.559. The summed E-state index contributed by atoms with van der Waals surface area (Å²) in [4.78, 5) is 2.42. The van der Waals surface area contributed by atoms with Crippen molar-refractivity contribution in [2.24, 2.45) is 11.7 Å². The summed E-state index contributed by atoms with van der Waals surface area (Å²) in [7, 11) is 0. The molecule has 0 saturated carbocycles. The zero-order chi connectivity index (χ0) is 10.7. The highest BCUT2D eigenvalue weighted by molar-refractivity contribution is 4.78. The maximum absolute atomic E-state index is 6.06. The minimum absolute atomic E-state index is 0.285. The fourth-order valence-corrected chi connectivity index (χ4v) is 1.94. The Hall–Kier alpha value is -0.120. The normalized spacial score (nSPS) is 32.1. The molecule has 1 aliphatic heterocycles. The molecule has 1 saturated heterocycles. The molecule has 1 fully saturated rings. The molecule has 0 aromatic carbocycles. The van der Waals surface area contributed by atoms with Crippen LogP contribution in [0.25, 0.3) is 0 Å². The standard InChI is InChI=1S/C11H24N2O/c1-8(2)11(12)7-13-5-9(3)14-10(4)6-13/h8-11H,5-7,12H2,1-4H3/t9?,10?,11-/m1/s1. The van der Waals surface area contributed by atoms with Crippen LogP contribution in [0.4, 0.5) is 0 Å². The van der Waals surface area contributed by atoms with Crippen LogP contribution in [-0.4, -0.2) is 42.8 Å². The van der Waals surface area contributed by atoms with Crippen molar-refractivity contribution in [3.8, 4) is 0 Å². The van der Waals surface area contributed by atoms with Crippen molar-refractivity contribution in [3.05, 3.63) is 0 Å². The molecule has 0 aliphatic carbocycles. The van der Waals surface area contributed by atoms with Crippen LogP contribution in [0.5, 0.6) is 0 Å². The summed E-state index contributed by atoms with van der Waals surface area (Å²) < 4.78 is 5.68. The summed E-state index contributed by atoms with van der Waals surface area (Å²) in [6, 6.07) is 0.285. The third-order valence-corrected chi connectivity index (χ3v) is 2.82. The minimum Gasteiger partial charge on any atom is -0.373 e. The van der Waals surface area contributed by atoms with E-state index in [4.69, 9.17) is 10.5 Å². The Morgan fingerprint density at radius 1 is 1.29 bits per heavy atom. The lowest BCUT2D eigenvalue weighted by atomic mass is 10.0. The Morgan fingerprint density at radius 3 is 2.21 bits per heavy atom. The molecule has 1 rings (SSSR count). The van der Waals surface area contributed by atoms with Crippen LogP contribution in [0.3, 0.4) is 0 Å². The van der Waals surface area contributed by atoms with Gasteiger partial charge in [0, 0.05) is 25.7 Å². The van der Waals surface area contributed by atoms with Gasteiger partial charge in [0.1, 0.15) is 0 Å². The maximum atomic E-state index is 6.06. The summed E-state index contributed by atoms with van der Waals surface area (Å²) >= 11 is 0. The molecule has 3 atom stereocenters. The van der Waals surface area contributed by atoms with Gasteiger partial charge in [-0.2, -0.15) is 0 Å². The molecule has 2 N–H and O–H groups in total. The largest absolute Gasteiger partial charge is 0.373 e. The van der Waals surface area contributed by atoms with E-state index in [1.165, 1.54) is 0 Å². The molecule has 84 valence electrons. The van der Waals surface area contributed by atoms with Gasteiger partial charge in [-0.05, 0) is 19.8 Å². The summed E-state index contributed by atoms with van der Waals surface area (Å²) in [5.41, 5.74) is 6.06. The van der Waals surface area contributed by atoms with Crippen LogP contribution in [0, 0.1) is 5.92 Å². The number of hydrogen-bond donors (Lipinski definition) is 1. The van der Waals surface area contributed by atoms with Crippen molar-refractivity contribution in [1.29, 1.82) is 0 Å². The Balaban J connectivity index is 2.36. The topological polar surface area (TPSA) is 38.5 Å². The Kier molecular flexibility index (Phi) is 4.35. The summed E-state index contributed by atoms with van der Waals surface area (Å²) in [6.07, 6.45) is 0.691. The third-order valence-electron chi connectivity index (χ3n) is 2.82. The fraction of sp³-hybridized carbons (Fsp3) is 1.00. The van der Waals surface area contributed by atoms with Crippen LogP contribution >= 0.6 is 0 Å². The number of morpholine rings is 1. The Bertz CT molecular complexity index is 163. The molecule has 3 heteroatoms. The highest BCUT2D eigenvalue weighted by Crippen LogP contribution is 2.12. The van der Waals surface area contributed by atoms with Gasteiger partial charge in [0.2, 0.25) is 0 Å². The molecule has 0 aromatic heterocycles. The third kappa shape index (κ3) is 3.56. The van der Waals surface area contributed by atoms with Crippen molar-refractivity contribution < 1.29 is 4.74 Å². The quantitative estimate of drug-likeness (QED) is 0.741. The molecule has 14 heavy (non-hydrogen) atoms. The Morgan fingerprint density at radius 2 is 1.79 bits per heavy atom. The summed E-state index contributed by atoms with van der Waals surface area (Å²) in [5, 5.41) is 0. The first-order chi connectivity index (χ1) is 6.49. The molecule has 0 amide bonds. The van der Waals surface area contributed by atoms with E-state index in [1.54, 1.807) is 0 Å². The smallest absolute Gasteiger partial charge is 0.0678 e. The van der Waals surface area contributed by atoms with Gasteiger partial charge in [-0.3, -0.25) is 4.90 Å². The molecule has 2 unspecified atom stereocenters. The number of rotatable bonds is 3. The predicted octanol–water partition coefficient (Wildman–Crippen LogP) is 1.08. The number of nitrogens with zero attached hydrogens (tertiary/aromatic N) is 1. The van der Waals surface area contributed by atoms with Crippen LogP contribution in [0.15, 0.2) is 0 Å². The molecule has 0 bridgehead atoms. The molecule has 0 spiro atoms. The van der Waals surface area contributed by atoms with Crippen molar-refractivity contribution in [2.75, 3.05) is 19.6 Å². The van der Waals surface area contributed by atoms with E-state index in [1.807, 2.05) is 0 Å². The first kappa shape index (κ1) is 12.0. The first-order valence-electron chi connectivity index (χ1n) is 5.62. The van der Waals surface area contributed by atoms with Gasteiger partial charge < -0.3 is 10.5 Å². The van der Waals surface area contributed by atoms with E-state index in [9.17, 15) is 0 Å². The molecular weight excluding hydrogens is 176 g/mol. The predicted molar refractivity (Wildman–Crippen MR) is 59.3 cm³/mol. The second-order valence-corrected chi connectivity index (χ2v) is 4.88. The second kappa shape index (κ2) is 5.10. The number of ether oxygens (including phenoxy) is 1. The van der Waals surface area contributed by atoms with E-state index in [0.29, 0.717) is 18.1 Å². The molecule has 1 aliphatic rings. The average molecular weight is 200 g/mol. The lowest BCUT2D eigenvalue weighted by molar-refractivity contribution is -0.0699. The minimum atomic E-state index is 0.285. The zero-order valence-electron chi connectivity index (χ0n) is 9.86. The van der Waals surface area contributed by atoms with E-state index >= 15 is 0 Å². The van der Waals surface area contributed by atoms with Gasteiger partial charge in [-0.25, -0.2) is 0 Å².